The average Bonchev–Trinajstić information content (AvgIpc) is 2.40. The number of rotatable bonds is 4. The molecule has 0 amide bonds. The van der Waals surface area contributed by atoms with E-state index in [0.717, 1.165) is 21.6 Å². The third kappa shape index (κ3) is 3.74. The van der Waals surface area contributed by atoms with Gasteiger partial charge in [-0.15, -0.1) is 0 Å². The molecule has 0 aromatic heterocycles. The molecule has 1 atom stereocenters. The second kappa shape index (κ2) is 6.44. The molecule has 0 radical (unpaired) electrons. The van der Waals surface area contributed by atoms with E-state index in [-0.39, 0.29) is 6.04 Å². The fourth-order valence-corrected chi connectivity index (χ4v) is 2.53. The number of hydrogen-bond acceptors (Lipinski definition) is 1. The van der Waals surface area contributed by atoms with Crippen molar-refractivity contribution in [2.24, 2.45) is 0 Å². The second-order valence-corrected chi connectivity index (χ2v) is 5.91. The lowest BCUT2D eigenvalue weighted by Gasteiger charge is -2.19. The third-order valence-electron chi connectivity index (χ3n) is 3.16. The molecule has 0 fully saturated rings. The van der Waals surface area contributed by atoms with Gasteiger partial charge in [-0.3, -0.25) is 0 Å². The Morgan fingerprint density at radius 3 is 2.63 bits per heavy atom. The van der Waals surface area contributed by atoms with Gasteiger partial charge in [-0.1, -0.05) is 46.6 Å². The first-order valence-electron chi connectivity index (χ1n) is 6.38. The lowest BCUT2D eigenvalue weighted by Crippen LogP contribution is -2.09. The monoisotopic (exact) mass is 337 g/mol. The number of hydrogen-bond donors (Lipinski definition) is 1. The molecule has 0 saturated heterocycles. The first-order chi connectivity index (χ1) is 9.10. The first-order valence-corrected chi connectivity index (χ1v) is 7.55. The van der Waals surface area contributed by atoms with Crippen LogP contribution in [0.1, 0.15) is 30.5 Å². The van der Waals surface area contributed by atoms with Crippen LogP contribution in [-0.4, -0.2) is 0 Å². The van der Waals surface area contributed by atoms with E-state index in [1.54, 1.807) is 0 Å². The SMILES string of the molecule is CCC(Nc1ccc(Br)c(C)c1)c1cccc(Cl)c1. The van der Waals surface area contributed by atoms with E-state index in [0.29, 0.717) is 0 Å². The predicted molar refractivity (Wildman–Crippen MR) is 87.0 cm³/mol. The minimum atomic E-state index is 0.277. The molecule has 2 aromatic rings. The normalized spacial score (nSPS) is 12.2. The van der Waals surface area contributed by atoms with Gasteiger partial charge < -0.3 is 5.32 Å². The summed E-state index contributed by atoms with van der Waals surface area (Å²) in [4.78, 5) is 0. The van der Waals surface area contributed by atoms with Crippen LogP contribution in [0.3, 0.4) is 0 Å². The summed E-state index contributed by atoms with van der Waals surface area (Å²) >= 11 is 9.58. The van der Waals surface area contributed by atoms with Gasteiger partial charge in [0.25, 0.3) is 0 Å². The quantitative estimate of drug-likeness (QED) is 0.723. The van der Waals surface area contributed by atoms with Crippen molar-refractivity contribution in [3.8, 4) is 0 Å². The summed E-state index contributed by atoms with van der Waals surface area (Å²) in [6, 6.07) is 14.6. The molecule has 2 rings (SSSR count). The van der Waals surface area contributed by atoms with Crippen molar-refractivity contribution in [3.05, 3.63) is 63.1 Å². The fourth-order valence-electron chi connectivity index (χ4n) is 2.08. The molecule has 1 unspecified atom stereocenters. The minimum Gasteiger partial charge on any atom is -0.378 e. The Morgan fingerprint density at radius 2 is 2.00 bits per heavy atom. The van der Waals surface area contributed by atoms with Crippen LogP contribution in [0.25, 0.3) is 0 Å². The van der Waals surface area contributed by atoms with Crippen molar-refractivity contribution < 1.29 is 0 Å². The van der Waals surface area contributed by atoms with Gasteiger partial charge in [0, 0.05) is 15.2 Å². The third-order valence-corrected chi connectivity index (χ3v) is 4.28. The van der Waals surface area contributed by atoms with Gasteiger partial charge >= 0.3 is 0 Å². The Kier molecular flexibility index (Phi) is 4.89. The second-order valence-electron chi connectivity index (χ2n) is 4.62. The highest BCUT2D eigenvalue weighted by atomic mass is 79.9. The number of benzene rings is 2. The van der Waals surface area contributed by atoms with Gasteiger partial charge in [-0.05, 0) is 54.8 Å². The van der Waals surface area contributed by atoms with Gasteiger partial charge in [0.1, 0.15) is 0 Å². The van der Waals surface area contributed by atoms with Crippen molar-refractivity contribution in [1.82, 2.24) is 0 Å². The van der Waals surface area contributed by atoms with Crippen LogP contribution in [0.2, 0.25) is 5.02 Å². The maximum absolute atomic E-state index is 6.06. The van der Waals surface area contributed by atoms with Crippen molar-refractivity contribution in [3.63, 3.8) is 0 Å². The van der Waals surface area contributed by atoms with Crippen LogP contribution in [0, 0.1) is 6.92 Å². The summed E-state index contributed by atoms with van der Waals surface area (Å²) in [7, 11) is 0. The highest BCUT2D eigenvalue weighted by Crippen LogP contribution is 2.27. The van der Waals surface area contributed by atoms with Gasteiger partial charge in [0.05, 0.1) is 6.04 Å². The Morgan fingerprint density at radius 1 is 1.21 bits per heavy atom. The summed E-state index contributed by atoms with van der Waals surface area (Å²) in [6.07, 6.45) is 1.01. The van der Waals surface area contributed by atoms with Crippen LogP contribution >= 0.6 is 27.5 Å². The molecular weight excluding hydrogens is 322 g/mol. The van der Waals surface area contributed by atoms with Crippen LogP contribution in [0.5, 0.6) is 0 Å². The Labute approximate surface area is 128 Å². The number of nitrogens with one attached hydrogen (secondary N) is 1. The number of aryl methyl sites for hydroxylation is 1. The Hall–Kier alpha value is -0.990. The van der Waals surface area contributed by atoms with E-state index in [9.17, 15) is 0 Å². The van der Waals surface area contributed by atoms with Crippen LogP contribution in [0.4, 0.5) is 5.69 Å². The molecule has 0 aliphatic rings. The zero-order valence-electron chi connectivity index (χ0n) is 11.1. The van der Waals surface area contributed by atoms with Crippen molar-refractivity contribution in [2.75, 3.05) is 5.32 Å². The van der Waals surface area contributed by atoms with E-state index >= 15 is 0 Å². The molecular formula is C16H17BrClN. The molecule has 0 bridgehead atoms. The molecule has 100 valence electrons. The summed E-state index contributed by atoms with van der Waals surface area (Å²) < 4.78 is 1.13. The lowest BCUT2D eigenvalue weighted by molar-refractivity contribution is 0.749. The fraction of sp³-hybridized carbons (Fsp3) is 0.250. The van der Waals surface area contributed by atoms with Crippen molar-refractivity contribution >= 4 is 33.2 Å². The highest BCUT2D eigenvalue weighted by molar-refractivity contribution is 9.10. The van der Waals surface area contributed by atoms with Gasteiger partial charge in [-0.2, -0.15) is 0 Å². The number of halogens is 2. The van der Waals surface area contributed by atoms with Gasteiger partial charge in [-0.25, -0.2) is 0 Å². The summed E-state index contributed by atoms with van der Waals surface area (Å²) in [5.41, 5.74) is 3.58. The van der Waals surface area contributed by atoms with Crippen LogP contribution < -0.4 is 5.32 Å². The number of anilines is 1. The molecule has 0 spiro atoms. The van der Waals surface area contributed by atoms with Crippen molar-refractivity contribution in [1.29, 1.82) is 0 Å². The lowest BCUT2D eigenvalue weighted by atomic mass is 10.0. The Bertz CT molecular complexity index is 568. The van der Waals surface area contributed by atoms with E-state index < -0.39 is 0 Å². The molecule has 0 saturated carbocycles. The van der Waals surface area contributed by atoms with E-state index in [4.69, 9.17) is 11.6 Å². The standard InChI is InChI=1S/C16H17BrClN/c1-3-16(12-5-4-6-13(18)10-12)19-14-7-8-15(17)11(2)9-14/h4-10,16,19H,3H2,1-2H3. The first kappa shape index (κ1) is 14.4. The maximum atomic E-state index is 6.06. The highest BCUT2D eigenvalue weighted by Gasteiger charge is 2.09. The molecule has 0 aliphatic heterocycles. The molecule has 19 heavy (non-hydrogen) atoms. The van der Waals surface area contributed by atoms with E-state index in [2.05, 4.69) is 59.4 Å². The van der Waals surface area contributed by atoms with E-state index in [1.807, 2.05) is 18.2 Å². The Balaban J connectivity index is 2.21. The molecule has 1 nitrogen and oxygen atoms in total. The molecule has 1 N–H and O–H groups in total. The summed E-state index contributed by atoms with van der Waals surface area (Å²) in [5, 5.41) is 4.34. The largest absolute Gasteiger partial charge is 0.378 e. The van der Waals surface area contributed by atoms with Gasteiger partial charge in [0.15, 0.2) is 0 Å². The zero-order chi connectivity index (χ0) is 13.8. The summed E-state index contributed by atoms with van der Waals surface area (Å²) in [5.74, 6) is 0. The molecule has 2 aromatic carbocycles. The smallest absolute Gasteiger partial charge is 0.0511 e. The van der Waals surface area contributed by atoms with Crippen LogP contribution in [-0.2, 0) is 0 Å². The van der Waals surface area contributed by atoms with Crippen molar-refractivity contribution in [2.45, 2.75) is 26.3 Å². The summed E-state index contributed by atoms with van der Waals surface area (Å²) in [6.45, 7) is 4.26. The molecule has 3 heteroatoms. The maximum Gasteiger partial charge on any atom is 0.0511 e. The van der Waals surface area contributed by atoms with Gasteiger partial charge in [0.2, 0.25) is 0 Å². The predicted octanol–water partition coefficient (Wildman–Crippen LogP) is 5.97. The van der Waals surface area contributed by atoms with E-state index in [1.165, 1.54) is 11.1 Å². The minimum absolute atomic E-state index is 0.277. The molecule has 0 heterocycles. The topological polar surface area (TPSA) is 12.0 Å². The average molecular weight is 339 g/mol. The zero-order valence-corrected chi connectivity index (χ0v) is 13.4. The van der Waals surface area contributed by atoms with Crippen LogP contribution in [0.15, 0.2) is 46.9 Å². The molecule has 0 aliphatic carbocycles.